The van der Waals surface area contributed by atoms with Crippen LogP contribution in [0.2, 0.25) is 0 Å². The van der Waals surface area contributed by atoms with E-state index in [2.05, 4.69) is 33.0 Å². The van der Waals surface area contributed by atoms with Gasteiger partial charge in [0.1, 0.15) is 0 Å². The molecule has 0 saturated carbocycles. The molecule has 5 rings (SSSR count). The van der Waals surface area contributed by atoms with E-state index in [0.717, 1.165) is 29.6 Å². The molecule has 33 heavy (non-hydrogen) atoms. The van der Waals surface area contributed by atoms with Crippen molar-refractivity contribution < 1.29 is 13.2 Å². The Balaban J connectivity index is 1.34. The summed E-state index contributed by atoms with van der Waals surface area (Å²) < 4.78 is 24.0. The van der Waals surface area contributed by atoms with Gasteiger partial charge in [0.15, 0.2) is 9.84 Å². The zero-order valence-corrected chi connectivity index (χ0v) is 19.5. The largest absolute Gasteiger partial charge is 0.368 e. The number of aromatic amines is 1. The Morgan fingerprint density at radius 3 is 2.27 bits per heavy atom. The Hall–Kier alpha value is -2.84. The molecule has 3 heterocycles. The molecule has 1 amide bonds. The number of rotatable bonds is 5. The molecule has 0 radical (unpaired) electrons. The average Bonchev–Trinajstić information content (AvgIpc) is 3.26. The van der Waals surface area contributed by atoms with Crippen LogP contribution >= 0.6 is 0 Å². The maximum atomic E-state index is 13.8. The summed E-state index contributed by atoms with van der Waals surface area (Å²) in [7, 11) is -3.01. The number of amides is 1. The fourth-order valence-electron chi connectivity index (χ4n) is 4.95. The molecule has 0 aliphatic carbocycles. The quantitative estimate of drug-likeness (QED) is 0.624. The van der Waals surface area contributed by atoms with E-state index in [1.54, 1.807) is 0 Å². The topological polar surface area (TPSA) is 76.7 Å². The highest BCUT2D eigenvalue weighted by atomic mass is 32.2. The summed E-state index contributed by atoms with van der Waals surface area (Å²) in [5.74, 6) is 0.339. The van der Waals surface area contributed by atoms with Crippen molar-refractivity contribution in [2.24, 2.45) is 0 Å². The number of nitrogens with one attached hydrogen (secondary N) is 1. The lowest BCUT2D eigenvalue weighted by atomic mass is 10.0. The van der Waals surface area contributed by atoms with Gasteiger partial charge in [0, 0.05) is 62.1 Å². The van der Waals surface area contributed by atoms with Gasteiger partial charge in [0.05, 0.1) is 17.5 Å². The molecular weight excluding hydrogens is 436 g/mol. The van der Waals surface area contributed by atoms with Crippen LogP contribution in [0, 0.1) is 0 Å². The monoisotopic (exact) mass is 466 g/mol. The SMILES string of the molecule is O=C([C@H](Cc1c[nH]c2ccccc12)N1CCS(=O)(=O)CC1)N1CCN(c2ccccc2)CC1. The number of aromatic nitrogens is 1. The maximum Gasteiger partial charge on any atom is 0.240 e. The van der Waals surface area contributed by atoms with Gasteiger partial charge in [-0.05, 0) is 30.2 Å². The van der Waals surface area contributed by atoms with Crippen molar-refractivity contribution in [2.45, 2.75) is 12.5 Å². The number of carbonyl (C=O) groups is 1. The molecule has 1 aromatic heterocycles. The lowest BCUT2D eigenvalue weighted by molar-refractivity contribution is -0.137. The number of hydrogen-bond donors (Lipinski definition) is 1. The van der Waals surface area contributed by atoms with Crippen LogP contribution in [-0.4, -0.2) is 85.9 Å². The summed E-state index contributed by atoms with van der Waals surface area (Å²) in [6.45, 7) is 3.75. The number of piperazine rings is 1. The molecule has 0 spiro atoms. The predicted octanol–water partition coefficient (Wildman–Crippen LogP) is 2.16. The second kappa shape index (κ2) is 9.19. The molecular formula is C25H30N4O3S. The van der Waals surface area contributed by atoms with Crippen LogP contribution < -0.4 is 4.90 Å². The molecule has 0 bridgehead atoms. The van der Waals surface area contributed by atoms with Crippen LogP contribution in [-0.2, 0) is 21.1 Å². The van der Waals surface area contributed by atoms with E-state index in [4.69, 9.17) is 0 Å². The Labute approximate surface area is 194 Å². The van der Waals surface area contributed by atoms with Crippen LogP contribution in [0.15, 0.2) is 60.8 Å². The smallest absolute Gasteiger partial charge is 0.240 e. The zero-order valence-electron chi connectivity index (χ0n) is 18.7. The van der Waals surface area contributed by atoms with Gasteiger partial charge in [-0.15, -0.1) is 0 Å². The number of sulfone groups is 1. The van der Waals surface area contributed by atoms with E-state index in [1.807, 2.05) is 47.5 Å². The maximum absolute atomic E-state index is 13.8. The third-order valence-electron chi connectivity index (χ3n) is 6.91. The summed E-state index contributed by atoms with van der Waals surface area (Å²) in [4.78, 5) is 23.4. The van der Waals surface area contributed by atoms with Gasteiger partial charge >= 0.3 is 0 Å². The molecule has 2 fully saturated rings. The van der Waals surface area contributed by atoms with Crippen molar-refractivity contribution in [2.75, 3.05) is 55.7 Å². The lowest BCUT2D eigenvalue weighted by Crippen LogP contribution is -2.57. The van der Waals surface area contributed by atoms with Crippen LogP contribution in [0.1, 0.15) is 5.56 Å². The second-order valence-corrected chi connectivity index (χ2v) is 11.2. The molecule has 174 valence electrons. The number of anilines is 1. The molecule has 1 atom stereocenters. The summed E-state index contributed by atoms with van der Waals surface area (Å²) >= 11 is 0. The van der Waals surface area contributed by atoms with Crippen LogP contribution in [0.4, 0.5) is 5.69 Å². The summed E-state index contributed by atoms with van der Waals surface area (Å²) in [6, 6.07) is 18.0. The van der Waals surface area contributed by atoms with Gasteiger partial charge in [-0.25, -0.2) is 8.42 Å². The summed E-state index contributed by atoms with van der Waals surface area (Å²) in [5.41, 5.74) is 3.33. The van der Waals surface area contributed by atoms with Crippen molar-refractivity contribution in [3.63, 3.8) is 0 Å². The van der Waals surface area contributed by atoms with Crippen molar-refractivity contribution >= 4 is 32.3 Å². The first-order valence-corrected chi connectivity index (χ1v) is 13.4. The minimum atomic E-state index is -3.01. The minimum absolute atomic E-state index is 0.104. The fraction of sp³-hybridized carbons (Fsp3) is 0.400. The first kappa shape index (κ1) is 22.0. The number of nitrogens with zero attached hydrogens (tertiary/aromatic N) is 3. The van der Waals surface area contributed by atoms with Crippen molar-refractivity contribution in [3.05, 3.63) is 66.4 Å². The standard InChI is InChI=1S/C25H30N4O3S/c30-25(29-12-10-27(11-13-29)21-6-2-1-3-7-21)24(28-14-16-33(31,32)17-15-28)18-20-19-26-23-9-5-4-8-22(20)23/h1-9,19,24,26H,10-18H2/t24-/m0/s1. The van der Waals surface area contributed by atoms with Crippen LogP contribution in [0.25, 0.3) is 10.9 Å². The van der Waals surface area contributed by atoms with Gasteiger partial charge in [0.2, 0.25) is 5.91 Å². The number of benzene rings is 2. The van der Waals surface area contributed by atoms with E-state index in [-0.39, 0.29) is 23.5 Å². The van der Waals surface area contributed by atoms with Gasteiger partial charge in [-0.1, -0.05) is 36.4 Å². The predicted molar refractivity (Wildman–Crippen MR) is 131 cm³/mol. The van der Waals surface area contributed by atoms with E-state index < -0.39 is 9.84 Å². The van der Waals surface area contributed by atoms with E-state index >= 15 is 0 Å². The highest BCUT2D eigenvalue weighted by Gasteiger charge is 2.35. The second-order valence-electron chi connectivity index (χ2n) is 8.92. The number of hydrogen-bond acceptors (Lipinski definition) is 5. The number of para-hydroxylation sites is 2. The van der Waals surface area contributed by atoms with Gasteiger partial charge in [0.25, 0.3) is 0 Å². The van der Waals surface area contributed by atoms with Crippen molar-refractivity contribution in [1.29, 1.82) is 0 Å². The third kappa shape index (κ3) is 4.77. The molecule has 3 aromatic rings. The van der Waals surface area contributed by atoms with Gasteiger partial charge < -0.3 is 14.8 Å². The van der Waals surface area contributed by atoms with E-state index in [1.165, 1.54) is 5.69 Å². The molecule has 1 N–H and O–H groups in total. The van der Waals surface area contributed by atoms with Gasteiger partial charge in [-0.3, -0.25) is 9.69 Å². The highest BCUT2D eigenvalue weighted by molar-refractivity contribution is 7.91. The van der Waals surface area contributed by atoms with Crippen molar-refractivity contribution in [1.82, 2.24) is 14.8 Å². The highest BCUT2D eigenvalue weighted by Crippen LogP contribution is 2.23. The number of fused-ring (bicyclic) bond motifs is 1. The van der Waals surface area contributed by atoms with E-state index in [9.17, 15) is 13.2 Å². The molecule has 2 aliphatic heterocycles. The molecule has 2 aliphatic rings. The molecule has 8 heteroatoms. The molecule has 2 aromatic carbocycles. The number of carbonyl (C=O) groups excluding carboxylic acids is 1. The summed E-state index contributed by atoms with van der Waals surface area (Å²) in [6.07, 6.45) is 2.56. The fourth-order valence-corrected chi connectivity index (χ4v) is 6.18. The first-order valence-electron chi connectivity index (χ1n) is 11.6. The van der Waals surface area contributed by atoms with E-state index in [0.29, 0.717) is 32.6 Å². The Morgan fingerprint density at radius 2 is 1.55 bits per heavy atom. The Morgan fingerprint density at radius 1 is 0.879 bits per heavy atom. The number of H-pyrrole nitrogens is 1. The van der Waals surface area contributed by atoms with Gasteiger partial charge in [-0.2, -0.15) is 0 Å². The average molecular weight is 467 g/mol. The lowest BCUT2D eigenvalue weighted by Gasteiger charge is -2.40. The molecule has 0 unspecified atom stereocenters. The van der Waals surface area contributed by atoms with Crippen LogP contribution in [0.3, 0.4) is 0 Å². The zero-order chi connectivity index (χ0) is 22.8. The molecule has 2 saturated heterocycles. The van der Waals surface area contributed by atoms with Crippen LogP contribution in [0.5, 0.6) is 0 Å². The summed E-state index contributed by atoms with van der Waals surface area (Å²) in [5, 5.41) is 1.12. The Bertz CT molecular complexity index is 1200. The minimum Gasteiger partial charge on any atom is -0.368 e. The Kier molecular flexibility index (Phi) is 6.12. The third-order valence-corrected chi connectivity index (χ3v) is 8.51. The normalized spacial score (nSPS) is 20.1. The first-order chi connectivity index (χ1) is 16.0. The van der Waals surface area contributed by atoms with Crippen molar-refractivity contribution in [3.8, 4) is 0 Å². The molecule has 7 nitrogen and oxygen atoms in total.